The summed E-state index contributed by atoms with van der Waals surface area (Å²) in [6.45, 7) is 16.6. The van der Waals surface area contributed by atoms with Gasteiger partial charge < -0.3 is 10.2 Å². The van der Waals surface area contributed by atoms with E-state index in [0.29, 0.717) is 0 Å². The summed E-state index contributed by atoms with van der Waals surface area (Å²) in [6.07, 6.45) is 8.46. The molecule has 0 aromatic carbocycles. The van der Waals surface area contributed by atoms with Gasteiger partial charge in [-0.05, 0) is 63.1 Å². The number of likely N-dealkylation sites (N-methyl/N-ethyl adjacent to an activating group) is 1. The van der Waals surface area contributed by atoms with E-state index in [9.17, 15) is 0 Å². The largest absolute Gasteiger partial charge is 0.313 e. The SMILES string of the molecule is CCNC(CN(CCC(C)C)CCC(C)C)C1CCCC1. The van der Waals surface area contributed by atoms with Gasteiger partial charge in [-0.15, -0.1) is 0 Å². The van der Waals surface area contributed by atoms with Gasteiger partial charge in [0.1, 0.15) is 0 Å². The molecule has 1 atom stereocenters. The van der Waals surface area contributed by atoms with Gasteiger partial charge in [-0.3, -0.25) is 0 Å². The van der Waals surface area contributed by atoms with Crippen LogP contribution in [0.25, 0.3) is 0 Å². The van der Waals surface area contributed by atoms with Crippen molar-refractivity contribution in [2.24, 2.45) is 17.8 Å². The van der Waals surface area contributed by atoms with Gasteiger partial charge in [0.2, 0.25) is 0 Å². The highest BCUT2D eigenvalue weighted by Crippen LogP contribution is 2.28. The second-order valence-electron chi connectivity index (χ2n) is 7.87. The van der Waals surface area contributed by atoms with Gasteiger partial charge in [0.15, 0.2) is 0 Å². The Morgan fingerprint density at radius 3 is 1.90 bits per heavy atom. The Morgan fingerprint density at radius 2 is 1.48 bits per heavy atom. The molecule has 2 nitrogen and oxygen atoms in total. The topological polar surface area (TPSA) is 15.3 Å². The van der Waals surface area contributed by atoms with Crippen molar-refractivity contribution < 1.29 is 0 Å². The molecule has 21 heavy (non-hydrogen) atoms. The van der Waals surface area contributed by atoms with E-state index < -0.39 is 0 Å². The number of nitrogens with one attached hydrogen (secondary N) is 1. The second-order valence-corrected chi connectivity index (χ2v) is 7.87. The Labute approximate surface area is 134 Å². The average molecular weight is 297 g/mol. The Hall–Kier alpha value is -0.0800. The fraction of sp³-hybridized carbons (Fsp3) is 1.00. The summed E-state index contributed by atoms with van der Waals surface area (Å²) < 4.78 is 0. The average Bonchev–Trinajstić information content (AvgIpc) is 2.94. The van der Waals surface area contributed by atoms with E-state index in [4.69, 9.17) is 0 Å². The van der Waals surface area contributed by atoms with Crippen molar-refractivity contribution >= 4 is 0 Å². The molecule has 0 aliphatic heterocycles. The lowest BCUT2D eigenvalue weighted by molar-refractivity contribution is 0.192. The van der Waals surface area contributed by atoms with Crippen LogP contribution in [0.2, 0.25) is 0 Å². The van der Waals surface area contributed by atoms with E-state index in [-0.39, 0.29) is 0 Å². The monoisotopic (exact) mass is 296 g/mol. The fourth-order valence-corrected chi connectivity index (χ4v) is 3.46. The first-order chi connectivity index (χ1) is 10.0. The molecule has 1 fully saturated rings. The molecule has 0 aromatic heterocycles. The highest BCUT2D eigenvalue weighted by Gasteiger charge is 2.26. The number of rotatable bonds is 11. The smallest absolute Gasteiger partial charge is 0.0223 e. The summed E-state index contributed by atoms with van der Waals surface area (Å²) in [5.74, 6) is 2.55. The van der Waals surface area contributed by atoms with E-state index in [1.165, 1.54) is 58.2 Å². The third kappa shape index (κ3) is 8.21. The number of hydrogen-bond donors (Lipinski definition) is 1. The van der Waals surface area contributed by atoms with Crippen LogP contribution in [0.1, 0.15) is 73.1 Å². The molecule has 1 rings (SSSR count). The van der Waals surface area contributed by atoms with Gasteiger partial charge >= 0.3 is 0 Å². The standard InChI is InChI=1S/C19H40N2/c1-6-20-19(18-9-7-8-10-18)15-21(13-11-16(2)3)14-12-17(4)5/h16-20H,6-15H2,1-5H3. The Kier molecular flexibility index (Phi) is 9.59. The summed E-state index contributed by atoms with van der Waals surface area (Å²) in [4.78, 5) is 2.74. The van der Waals surface area contributed by atoms with Crippen LogP contribution in [0.15, 0.2) is 0 Å². The lowest BCUT2D eigenvalue weighted by atomic mass is 9.97. The summed E-state index contributed by atoms with van der Waals surface area (Å²) in [7, 11) is 0. The highest BCUT2D eigenvalue weighted by molar-refractivity contribution is 4.83. The third-order valence-electron chi connectivity index (χ3n) is 4.94. The van der Waals surface area contributed by atoms with E-state index in [1.54, 1.807) is 0 Å². The second kappa shape index (κ2) is 10.6. The molecule has 0 bridgehead atoms. The van der Waals surface area contributed by atoms with Gasteiger partial charge in [0.25, 0.3) is 0 Å². The predicted molar refractivity (Wildman–Crippen MR) is 94.8 cm³/mol. The van der Waals surface area contributed by atoms with Crippen molar-refractivity contribution in [2.75, 3.05) is 26.2 Å². The number of nitrogens with zero attached hydrogens (tertiary/aromatic N) is 1. The molecule has 1 N–H and O–H groups in total. The Morgan fingerprint density at radius 1 is 0.952 bits per heavy atom. The highest BCUT2D eigenvalue weighted by atomic mass is 15.1. The normalized spacial score (nSPS) is 18.3. The lowest BCUT2D eigenvalue weighted by Crippen LogP contribution is -2.46. The first-order valence-corrected chi connectivity index (χ1v) is 9.48. The molecule has 1 aliphatic carbocycles. The van der Waals surface area contributed by atoms with Crippen molar-refractivity contribution in [3.05, 3.63) is 0 Å². The molecule has 0 saturated heterocycles. The summed E-state index contributed by atoms with van der Waals surface area (Å²) in [6, 6.07) is 0.719. The molecule has 0 aromatic rings. The molecule has 1 saturated carbocycles. The quantitative estimate of drug-likeness (QED) is 0.602. The van der Waals surface area contributed by atoms with E-state index in [1.807, 2.05) is 0 Å². The maximum atomic E-state index is 3.79. The van der Waals surface area contributed by atoms with Crippen molar-refractivity contribution in [1.29, 1.82) is 0 Å². The molecular formula is C19H40N2. The van der Waals surface area contributed by atoms with Crippen LogP contribution in [0.3, 0.4) is 0 Å². The lowest BCUT2D eigenvalue weighted by Gasteiger charge is -2.32. The molecule has 0 radical (unpaired) electrons. The molecule has 126 valence electrons. The molecule has 1 unspecified atom stereocenters. The molecule has 1 aliphatic rings. The zero-order valence-corrected chi connectivity index (χ0v) is 15.3. The Balaban J connectivity index is 2.51. The zero-order valence-electron chi connectivity index (χ0n) is 15.3. The van der Waals surface area contributed by atoms with Gasteiger partial charge in [0, 0.05) is 12.6 Å². The van der Waals surface area contributed by atoms with Crippen molar-refractivity contribution in [1.82, 2.24) is 10.2 Å². The summed E-state index contributed by atoms with van der Waals surface area (Å²) in [5.41, 5.74) is 0. The summed E-state index contributed by atoms with van der Waals surface area (Å²) >= 11 is 0. The predicted octanol–water partition coefficient (Wildman–Crippen LogP) is 4.55. The summed E-state index contributed by atoms with van der Waals surface area (Å²) in [5, 5.41) is 3.79. The van der Waals surface area contributed by atoms with Gasteiger partial charge in [-0.1, -0.05) is 47.5 Å². The third-order valence-corrected chi connectivity index (χ3v) is 4.94. The van der Waals surface area contributed by atoms with E-state index in [0.717, 1.165) is 30.3 Å². The van der Waals surface area contributed by atoms with E-state index in [2.05, 4.69) is 44.8 Å². The van der Waals surface area contributed by atoms with Gasteiger partial charge in [0.05, 0.1) is 0 Å². The first-order valence-electron chi connectivity index (χ1n) is 9.48. The van der Waals surface area contributed by atoms with Crippen LogP contribution in [-0.4, -0.2) is 37.1 Å². The Bertz CT molecular complexity index is 232. The van der Waals surface area contributed by atoms with Crippen LogP contribution < -0.4 is 5.32 Å². The van der Waals surface area contributed by atoms with Crippen LogP contribution in [0.4, 0.5) is 0 Å². The van der Waals surface area contributed by atoms with Crippen LogP contribution in [0.5, 0.6) is 0 Å². The minimum absolute atomic E-state index is 0.719. The van der Waals surface area contributed by atoms with Crippen LogP contribution in [-0.2, 0) is 0 Å². The molecule has 0 amide bonds. The molecule has 2 heteroatoms. The van der Waals surface area contributed by atoms with Crippen molar-refractivity contribution in [2.45, 2.75) is 79.2 Å². The van der Waals surface area contributed by atoms with Gasteiger partial charge in [-0.2, -0.15) is 0 Å². The fourth-order valence-electron chi connectivity index (χ4n) is 3.46. The first kappa shape index (κ1) is 19.0. The minimum Gasteiger partial charge on any atom is -0.313 e. The van der Waals surface area contributed by atoms with Gasteiger partial charge in [-0.25, -0.2) is 0 Å². The molecule has 0 heterocycles. The molecular weight excluding hydrogens is 256 g/mol. The van der Waals surface area contributed by atoms with Crippen molar-refractivity contribution in [3.63, 3.8) is 0 Å². The minimum atomic E-state index is 0.719. The van der Waals surface area contributed by atoms with E-state index >= 15 is 0 Å². The maximum absolute atomic E-state index is 3.79. The number of hydrogen-bond acceptors (Lipinski definition) is 2. The van der Waals surface area contributed by atoms with Crippen LogP contribution in [0, 0.1) is 17.8 Å². The van der Waals surface area contributed by atoms with Crippen LogP contribution >= 0.6 is 0 Å². The maximum Gasteiger partial charge on any atom is 0.0223 e. The molecule has 0 spiro atoms. The zero-order chi connectivity index (χ0) is 15.7. The van der Waals surface area contributed by atoms with Crippen molar-refractivity contribution in [3.8, 4) is 0 Å².